The van der Waals surface area contributed by atoms with Gasteiger partial charge in [-0.05, 0) is 36.7 Å². The lowest BCUT2D eigenvalue weighted by atomic mass is 9.91. The van der Waals surface area contributed by atoms with E-state index in [-0.39, 0.29) is 42.7 Å². The molecular weight excluding hydrogens is 413 g/mol. The lowest BCUT2D eigenvalue weighted by Gasteiger charge is -2.31. The Morgan fingerprint density at radius 2 is 2.36 bits per heavy atom. The van der Waals surface area contributed by atoms with Gasteiger partial charge in [0.05, 0.1) is 14.4 Å². The van der Waals surface area contributed by atoms with Gasteiger partial charge < -0.3 is 15.8 Å². The van der Waals surface area contributed by atoms with Crippen molar-refractivity contribution in [2.75, 3.05) is 25.2 Å². The number of ether oxygens (including phenoxy) is 1. The van der Waals surface area contributed by atoms with E-state index in [0.717, 1.165) is 18.2 Å². The summed E-state index contributed by atoms with van der Waals surface area (Å²) in [5.41, 5.74) is 2.15. The molecule has 2 heterocycles. The summed E-state index contributed by atoms with van der Waals surface area (Å²) < 4.78 is 72.1. The topological polar surface area (TPSA) is 89.6 Å². The summed E-state index contributed by atoms with van der Waals surface area (Å²) in [6.45, 7) is -4.38. The van der Waals surface area contributed by atoms with Crippen LogP contribution in [0.4, 0.5) is 14.5 Å². The highest BCUT2D eigenvalue weighted by Gasteiger charge is 2.38. The summed E-state index contributed by atoms with van der Waals surface area (Å²) >= 11 is 5.76. The Labute approximate surface area is 178 Å². The van der Waals surface area contributed by atoms with Gasteiger partial charge >= 0.3 is 0 Å². The molecular formula is C18H18Cl2F2N4O2. The highest BCUT2D eigenvalue weighted by atomic mass is 35.5. The summed E-state index contributed by atoms with van der Waals surface area (Å²) in [7, 11) is 0. The molecule has 6 nitrogen and oxygen atoms in total. The first-order chi connectivity index (χ1) is 14.9. The fourth-order valence-electron chi connectivity index (χ4n) is 2.61. The minimum absolute atomic E-state index is 0. The quantitative estimate of drug-likeness (QED) is 0.769. The first-order valence-electron chi connectivity index (χ1n) is 10.2. The number of nitrogens with zero attached hydrogens (tertiary/aromatic N) is 2. The van der Waals surface area contributed by atoms with Gasteiger partial charge in [0.2, 0.25) is 0 Å². The Hall–Kier alpha value is -2.29. The summed E-state index contributed by atoms with van der Waals surface area (Å²) in [5, 5.41) is 1.81. The Bertz CT molecular complexity index is 1120. The van der Waals surface area contributed by atoms with E-state index in [1.165, 1.54) is 0 Å². The first kappa shape index (κ1) is 15.6. The second-order valence-electron chi connectivity index (χ2n) is 5.80. The fourth-order valence-corrected chi connectivity index (χ4v) is 2.75. The minimum Gasteiger partial charge on any atom is -0.385 e. The van der Waals surface area contributed by atoms with Gasteiger partial charge in [-0.3, -0.25) is 9.79 Å². The van der Waals surface area contributed by atoms with Crippen LogP contribution in [-0.2, 0) is 10.3 Å². The van der Waals surface area contributed by atoms with E-state index >= 15 is 0 Å². The molecule has 0 aliphatic carbocycles. The zero-order chi connectivity index (χ0) is 23.8. The predicted molar refractivity (Wildman–Crippen MR) is 106 cm³/mol. The molecule has 150 valence electrons. The third-order valence-corrected chi connectivity index (χ3v) is 4.03. The van der Waals surface area contributed by atoms with Crippen molar-refractivity contribution in [1.82, 2.24) is 4.98 Å². The number of aromatic nitrogens is 1. The molecule has 1 atom stereocenters. The SMILES string of the molecule is Cl.[2H]c1nc(C(=O)Nc2ccc(F)c([C@]3(CF)COCC(N)=N3)c2)c(C([2H])([2H])[2H])c([2H])c1Cl. The van der Waals surface area contributed by atoms with Crippen LogP contribution in [0.3, 0.4) is 0 Å². The maximum Gasteiger partial charge on any atom is 0.274 e. The second kappa shape index (κ2) is 8.81. The van der Waals surface area contributed by atoms with Crippen LogP contribution >= 0.6 is 24.0 Å². The van der Waals surface area contributed by atoms with Gasteiger partial charge in [0, 0.05) is 21.5 Å². The van der Waals surface area contributed by atoms with Crippen molar-refractivity contribution in [3.05, 3.63) is 58.1 Å². The molecule has 0 radical (unpaired) electrons. The number of benzene rings is 1. The normalized spacial score (nSPS) is 21.8. The van der Waals surface area contributed by atoms with Crippen LogP contribution in [0.25, 0.3) is 0 Å². The molecule has 1 aromatic heterocycles. The number of aliphatic imine (C=N–C) groups is 1. The van der Waals surface area contributed by atoms with Gasteiger partial charge in [0.25, 0.3) is 5.91 Å². The average molecular weight is 436 g/mol. The van der Waals surface area contributed by atoms with Crippen molar-refractivity contribution in [2.24, 2.45) is 10.7 Å². The number of nitrogens with two attached hydrogens (primary N) is 1. The van der Waals surface area contributed by atoms with E-state index in [0.29, 0.717) is 0 Å². The Morgan fingerprint density at radius 1 is 1.57 bits per heavy atom. The number of alkyl halides is 1. The zero-order valence-corrected chi connectivity index (χ0v) is 15.8. The molecule has 1 aromatic carbocycles. The highest BCUT2D eigenvalue weighted by molar-refractivity contribution is 6.30. The zero-order valence-electron chi connectivity index (χ0n) is 19.2. The largest absolute Gasteiger partial charge is 0.385 e. The summed E-state index contributed by atoms with van der Waals surface area (Å²) in [6.07, 6.45) is -0.657. The number of nitrogens with one attached hydrogen (secondary N) is 1. The van der Waals surface area contributed by atoms with Gasteiger partial charge in [0.15, 0.2) is 0 Å². The molecule has 0 saturated heterocycles. The molecule has 3 rings (SSSR count). The number of amides is 1. The van der Waals surface area contributed by atoms with Crippen LogP contribution in [0, 0.1) is 12.7 Å². The van der Waals surface area contributed by atoms with Crippen LogP contribution in [0.1, 0.15) is 28.5 Å². The molecule has 1 amide bonds. The number of anilines is 1. The summed E-state index contributed by atoms with van der Waals surface area (Å²) in [6, 6.07) is 2.52. The van der Waals surface area contributed by atoms with Crippen molar-refractivity contribution >= 4 is 41.4 Å². The Balaban J connectivity index is 0.00000385. The maximum absolute atomic E-state index is 14.5. The first-order valence-corrected chi connectivity index (χ1v) is 8.04. The van der Waals surface area contributed by atoms with Crippen molar-refractivity contribution < 1.29 is 25.2 Å². The number of hydrogen-bond donors (Lipinski definition) is 2. The minimum atomic E-state index is -2.92. The number of rotatable bonds is 4. The predicted octanol–water partition coefficient (Wildman–Crippen LogP) is 3.41. The standard InChI is InChI=1S/C18H17ClF2N4O2.ClH/c1-10-4-11(19)6-23-16(10)17(26)24-12-2-3-14(21)13(5-12)18(8-20)9-27-7-15(22)25-18;/h2-6H,7-9H2,1H3,(H2,22,25)(H,24,26);1H/t18-;/m0./s1/i1D3,4D,6D;. The Kier molecular flexibility index (Phi) is 4.91. The van der Waals surface area contributed by atoms with Crippen molar-refractivity contribution in [1.29, 1.82) is 0 Å². The molecule has 28 heavy (non-hydrogen) atoms. The molecule has 2 aromatic rings. The molecule has 10 heteroatoms. The fraction of sp³-hybridized carbons (Fsp3) is 0.278. The smallest absolute Gasteiger partial charge is 0.274 e. The molecule has 0 spiro atoms. The number of carbonyl (C=O) groups excluding carboxylic acids is 1. The van der Waals surface area contributed by atoms with E-state index in [2.05, 4.69) is 15.3 Å². The number of amidine groups is 1. The number of hydrogen-bond acceptors (Lipinski definition) is 5. The third kappa shape index (κ3) is 4.40. The van der Waals surface area contributed by atoms with E-state index in [1.807, 2.05) is 0 Å². The van der Waals surface area contributed by atoms with Gasteiger partial charge in [-0.1, -0.05) is 11.6 Å². The molecule has 0 unspecified atom stereocenters. The van der Waals surface area contributed by atoms with Crippen LogP contribution < -0.4 is 11.1 Å². The lowest BCUT2D eigenvalue weighted by Crippen LogP contribution is -2.42. The van der Waals surface area contributed by atoms with Crippen LogP contribution in [0.15, 0.2) is 35.4 Å². The van der Waals surface area contributed by atoms with Gasteiger partial charge in [-0.15, -0.1) is 12.4 Å². The second-order valence-corrected chi connectivity index (χ2v) is 6.17. The number of pyridine rings is 1. The van der Waals surface area contributed by atoms with Crippen LogP contribution in [-0.4, -0.2) is 36.6 Å². The molecule has 0 bridgehead atoms. The molecule has 1 aliphatic rings. The summed E-state index contributed by atoms with van der Waals surface area (Å²) in [5.74, 6) is -1.93. The van der Waals surface area contributed by atoms with Crippen LogP contribution in [0.2, 0.25) is 5.02 Å². The van der Waals surface area contributed by atoms with Crippen molar-refractivity contribution in [3.8, 4) is 0 Å². The molecule has 0 saturated carbocycles. The summed E-state index contributed by atoms with van der Waals surface area (Å²) in [4.78, 5) is 20.4. The monoisotopic (exact) mass is 435 g/mol. The van der Waals surface area contributed by atoms with E-state index in [9.17, 15) is 13.6 Å². The third-order valence-electron chi connectivity index (χ3n) is 3.85. The van der Waals surface area contributed by atoms with E-state index in [1.54, 1.807) is 0 Å². The lowest BCUT2D eigenvalue weighted by molar-refractivity contribution is 0.0809. The number of halogens is 4. The van der Waals surface area contributed by atoms with Gasteiger partial charge in [-0.25, -0.2) is 13.8 Å². The molecule has 1 aliphatic heterocycles. The average Bonchev–Trinajstić information content (AvgIpc) is 2.71. The van der Waals surface area contributed by atoms with Gasteiger partial charge in [0.1, 0.15) is 36.2 Å². The maximum atomic E-state index is 14.5. The number of carbonyl (C=O) groups is 1. The molecule has 0 fully saturated rings. The van der Waals surface area contributed by atoms with E-state index in [4.69, 9.17) is 28.9 Å². The van der Waals surface area contributed by atoms with Crippen LogP contribution in [0.5, 0.6) is 0 Å². The van der Waals surface area contributed by atoms with Crippen molar-refractivity contribution in [2.45, 2.75) is 12.4 Å². The van der Waals surface area contributed by atoms with E-state index < -0.39 is 59.3 Å². The molecule has 3 N–H and O–H groups in total. The highest BCUT2D eigenvalue weighted by Crippen LogP contribution is 2.33. The van der Waals surface area contributed by atoms with Gasteiger partial charge in [-0.2, -0.15) is 0 Å². The Morgan fingerprint density at radius 3 is 3.04 bits per heavy atom. The van der Waals surface area contributed by atoms with Crippen molar-refractivity contribution in [3.63, 3.8) is 0 Å².